The number of aryl methyl sites for hydroxylation is 1. The highest BCUT2D eigenvalue weighted by Crippen LogP contribution is 2.13. The van der Waals surface area contributed by atoms with Gasteiger partial charge in [0.25, 0.3) is 5.91 Å². The molecule has 1 amide bonds. The van der Waals surface area contributed by atoms with Crippen LogP contribution in [0.2, 0.25) is 0 Å². The Kier molecular flexibility index (Phi) is 4.69. The molecule has 24 heavy (non-hydrogen) atoms. The van der Waals surface area contributed by atoms with Gasteiger partial charge in [-0.2, -0.15) is 10.2 Å². The molecule has 0 radical (unpaired) electrons. The second-order valence-electron chi connectivity index (χ2n) is 5.63. The van der Waals surface area contributed by atoms with Crippen LogP contribution in [0.15, 0.2) is 42.7 Å². The zero-order valence-electron chi connectivity index (χ0n) is 13.7. The fourth-order valence-electron chi connectivity index (χ4n) is 2.44. The van der Waals surface area contributed by atoms with Crippen LogP contribution in [0.1, 0.15) is 47.0 Å². The molecule has 2 aromatic heterocycles. The van der Waals surface area contributed by atoms with Gasteiger partial charge in [-0.1, -0.05) is 37.3 Å². The normalized spacial score (nSPS) is 12.1. The van der Waals surface area contributed by atoms with E-state index < -0.39 is 0 Å². The number of aromatic nitrogens is 5. The van der Waals surface area contributed by atoms with Gasteiger partial charge in [-0.3, -0.25) is 14.6 Å². The number of carbonyl (C=O) groups is 1. The second-order valence-corrected chi connectivity index (χ2v) is 5.63. The van der Waals surface area contributed by atoms with Gasteiger partial charge in [0.05, 0.1) is 24.3 Å². The molecule has 0 aliphatic rings. The summed E-state index contributed by atoms with van der Waals surface area (Å²) in [7, 11) is 0. The molecule has 0 saturated heterocycles. The summed E-state index contributed by atoms with van der Waals surface area (Å²) in [5.41, 5.74) is 1.66. The first kappa shape index (κ1) is 15.9. The summed E-state index contributed by atoms with van der Waals surface area (Å²) in [6.07, 6.45) is 4.04. The quantitative estimate of drug-likeness (QED) is 0.728. The van der Waals surface area contributed by atoms with Gasteiger partial charge in [0, 0.05) is 6.20 Å². The molecule has 124 valence electrons. The lowest BCUT2D eigenvalue weighted by atomic mass is 10.2. The van der Waals surface area contributed by atoms with E-state index in [1.54, 1.807) is 17.1 Å². The summed E-state index contributed by atoms with van der Waals surface area (Å²) in [5.74, 6) is 1.15. The van der Waals surface area contributed by atoms with E-state index in [9.17, 15) is 4.79 Å². The van der Waals surface area contributed by atoms with Gasteiger partial charge >= 0.3 is 0 Å². The zero-order chi connectivity index (χ0) is 16.9. The van der Waals surface area contributed by atoms with Crippen LogP contribution in [-0.4, -0.2) is 30.9 Å². The van der Waals surface area contributed by atoms with Gasteiger partial charge in [0.1, 0.15) is 5.82 Å². The fourth-order valence-corrected chi connectivity index (χ4v) is 2.44. The zero-order valence-corrected chi connectivity index (χ0v) is 13.7. The van der Waals surface area contributed by atoms with Crippen LogP contribution in [0, 0.1) is 6.92 Å². The minimum atomic E-state index is -0.222. The van der Waals surface area contributed by atoms with Crippen molar-refractivity contribution in [2.24, 2.45) is 0 Å². The molecule has 0 unspecified atom stereocenters. The molecule has 3 aromatic rings. The monoisotopic (exact) mass is 324 g/mol. The number of nitrogens with zero attached hydrogens (tertiary/aromatic N) is 4. The Bertz CT molecular complexity index is 807. The maximum atomic E-state index is 12.4. The largest absolute Gasteiger partial charge is 0.342 e. The van der Waals surface area contributed by atoms with Crippen LogP contribution in [0.5, 0.6) is 0 Å². The molecule has 0 fully saturated rings. The van der Waals surface area contributed by atoms with Crippen LogP contribution in [0.3, 0.4) is 0 Å². The molecule has 2 heterocycles. The number of aromatic amines is 1. The van der Waals surface area contributed by atoms with Crippen LogP contribution >= 0.6 is 0 Å². The summed E-state index contributed by atoms with van der Waals surface area (Å²) < 4.78 is 1.75. The average molecular weight is 324 g/mol. The average Bonchev–Trinajstić information content (AvgIpc) is 3.22. The van der Waals surface area contributed by atoms with E-state index in [2.05, 4.69) is 25.6 Å². The van der Waals surface area contributed by atoms with E-state index in [-0.39, 0.29) is 11.9 Å². The first-order valence-corrected chi connectivity index (χ1v) is 7.92. The Hall–Kier alpha value is -2.96. The third-order valence-electron chi connectivity index (χ3n) is 3.72. The van der Waals surface area contributed by atoms with Crippen molar-refractivity contribution in [1.29, 1.82) is 0 Å². The molecule has 7 heteroatoms. The minimum absolute atomic E-state index is 0.177. The fraction of sp³-hybridized carbons (Fsp3) is 0.294. The van der Waals surface area contributed by atoms with Crippen molar-refractivity contribution in [2.45, 2.75) is 32.9 Å². The summed E-state index contributed by atoms with van der Waals surface area (Å²) >= 11 is 0. The summed E-state index contributed by atoms with van der Waals surface area (Å²) in [5, 5.41) is 14.1. The molecule has 0 aliphatic heterocycles. The second kappa shape index (κ2) is 7.08. The molecule has 3 rings (SSSR count). The maximum absolute atomic E-state index is 12.4. The lowest BCUT2D eigenvalue weighted by Gasteiger charge is -2.12. The molecule has 0 saturated carbocycles. The van der Waals surface area contributed by atoms with Crippen molar-refractivity contribution in [1.82, 2.24) is 30.3 Å². The number of hydrogen-bond donors (Lipinski definition) is 2. The van der Waals surface area contributed by atoms with Crippen molar-refractivity contribution in [2.75, 3.05) is 0 Å². The minimum Gasteiger partial charge on any atom is -0.342 e. The Morgan fingerprint density at radius 1 is 1.33 bits per heavy atom. The lowest BCUT2D eigenvalue weighted by molar-refractivity contribution is 0.0933. The van der Waals surface area contributed by atoms with Gasteiger partial charge in [0.15, 0.2) is 5.82 Å². The van der Waals surface area contributed by atoms with Crippen molar-refractivity contribution in [3.8, 4) is 0 Å². The molecule has 0 bridgehead atoms. The number of H-pyrrole nitrogens is 1. The number of amides is 1. The Balaban J connectivity index is 1.67. The third-order valence-corrected chi connectivity index (χ3v) is 3.72. The van der Waals surface area contributed by atoms with Gasteiger partial charge in [-0.15, -0.1) is 0 Å². The lowest BCUT2D eigenvalue weighted by Crippen LogP contribution is -2.28. The number of benzene rings is 1. The van der Waals surface area contributed by atoms with E-state index >= 15 is 0 Å². The van der Waals surface area contributed by atoms with Gasteiger partial charge < -0.3 is 5.32 Å². The molecule has 1 atom stereocenters. The summed E-state index contributed by atoms with van der Waals surface area (Å²) in [6, 6.07) is 9.77. The summed E-state index contributed by atoms with van der Waals surface area (Å²) in [6.45, 7) is 4.44. The van der Waals surface area contributed by atoms with Crippen molar-refractivity contribution in [3.63, 3.8) is 0 Å². The Morgan fingerprint density at radius 3 is 2.79 bits per heavy atom. The van der Waals surface area contributed by atoms with Crippen LogP contribution in [0.4, 0.5) is 0 Å². The first-order chi connectivity index (χ1) is 11.7. The van der Waals surface area contributed by atoms with Crippen LogP contribution in [0.25, 0.3) is 0 Å². The Labute approximate surface area is 140 Å². The van der Waals surface area contributed by atoms with E-state index in [0.717, 1.165) is 11.4 Å². The smallest absolute Gasteiger partial charge is 0.255 e. The van der Waals surface area contributed by atoms with E-state index in [1.807, 2.05) is 44.2 Å². The third kappa shape index (κ3) is 3.68. The van der Waals surface area contributed by atoms with Crippen molar-refractivity contribution < 1.29 is 4.79 Å². The van der Waals surface area contributed by atoms with E-state index in [4.69, 9.17) is 0 Å². The predicted molar refractivity (Wildman–Crippen MR) is 89.4 cm³/mol. The first-order valence-electron chi connectivity index (χ1n) is 7.92. The number of rotatable bonds is 6. The molecule has 2 N–H and O–H groups in total. The van der Waals surface area contributed by atoms with Crippen LogP contribution in [-0.2, 0) is 6.54 Å². The molecular weight excluding hydrogens is 304 g/mol. The predicted octanol–water partition coefficient (Wildman–Crippen LogP) is 2.24. The summed E-state index contributed by atoms with van der Waals surface area (Å²) in [4.78, 5) is 16.7. The topological polar surface area (TPSA) is 88.5 Å². The van der Waals surface area contributed by atoms with Crippen molar-refractivity contribution in [3.05, 3.63) is 65.5 Å². The SMILES string of the molecule is CC[C@@H](NC(=O)c1cnn(Cc2ccccc2)c1)c1n[nH]c(C)n1. The van der Waals surface area contributed by atoms with Gasteiger partial charge in [-0.25, -0.2) is 4.98 Å². The molecule has 1 aromatic carbocycles. The Morgan fingerprint density at radius 2 is 2.12 bits per heavy atom. The molecule has 0 aliphatic carbocycles. The number of carbonyl (C=O) groups excluding carboxylic acids is 1. The highest BCUT2D eigenvalue weighted by molar-refractivity contribution is 5.93. The molecular formula is C17H20N6O. The highest BCUT2D eigenvalue weighted by Gasteiger charge is 2.18. The van der Waals surface area contributed by atoms with Crippen molar-refractivity contribution >= 4 is 5.91 Å². The number of hydrogen-bond acceptors (Lipinski definition) is 4. The molecule has 0 spiro atoms. The molecule has 7 nitrogen and oxygen atoms in total. The standard InChI is InChI=1S/C17H20N6O/c1-3-15(16-19-12(2)21-22-16)20-17(24)14-9-18-23(11-14)10-13-7-5-4-6-8-13/h4-9,11,15H,3,10H2,1-2H3,(H,20,24)(H,19,21,22)/t15-/m1/s1. The van der Waals surface area contributed by atoms with E-state index in [1.165, 1.54) is 0 Å². The number of nitrogens with one attached hydrogen (secondary N) is 2. The highest BCUT2D eigenvalue weighted by atomic mass is 16.1. The maximum Gasteiger partial charge on any atom is 0.255 e. The van der Waals surface area contributed by atoms with Crippen LogP contribution < -0.4 is 5.32 Å². The van der Waals surface area contributed by atoms with E-state index in [0.29, 0.717) is 24.4 Å². The van der Waals surface area contributed by atoms with Gasteiger partial charge in [0.2, 0.25) is 0 Å². The van der Waals surface area contributed by atoms with Gasteiger partial charge in [-0.05, 0) is 18.9 Å².